The molecule has 0 bridgehead atoms. The number of hydrogen-bond acceptors (Lipinski definition) is 4. The number of carbonyl (C=O) groups excluding carboxylic acids is 1. The van der Waals surface area contributed by atoms with Gasteiger partial charge < -0.3 is 14.2 Å². The van der Waals surface area contributed by atoms with Gasteiger partial charge in [-0.15, -0.1) is 0 Å². The van der Waals surface area contributed by atoms with Crippen LogP contribution in [0.25, 0.3) is 0 Å². The van der Waals surface area contributed by atoms with Gasteiger partial charge in [-0.1, -0.05) is 29.3 Å². The molecule has 0 aliphatic heterocycles. The Balaban J connectivity index is 2.12. The molecule has 6 heteroatoms. The van der Waals surface area contributed by atoms with Gasteiger partial charge in [-0.3, -0.25) is 0 Å². The Morgan fingerprint density at radius 2 is 1.80 bits per heavy atom. The van der Waals surface area contributed by atoms with Gasteiger partial charge in [0.15, 0.2) is 0 Å². The summed E-state index contributed by atoms with van der Waals surface area (Å²) >= 11 is 12.1. The van der Waals surface area contributed by atoms with Crippen LogP contribution in [-0.4, -0.2) is 25.8 Å². The van der Waals surface area contributed by atoms with Crippen molar-refractivity contribution in [3.8, 4) is 11.5 Å². The average Bonchev–Trinajstić information content (AvgIpc) is 2.57. The predicted molar refractivity (Wildman–Crippen MR) is 99.2 cm³/mol. The minimum Gasteiger partial charge on any atom is -0.494 e. The molecule has 4 nitrogen and oxygen atoms in total. The largest absolute Gasteiger partial charge is 0.494 e. The molecule has 0 radical (unpaired) electrons. The molecule has 2 aromatic rings. The SMILES string of the molecule is CCOC(=O)c1ccc(OCC)cc1OCCc1ccc(Cl)cc1Cl. The third-order valence-electron chi connectivity index (χ3n) is 3.40. The Labute approximate surface area is 157 Å². The van der Waals surface area contributed by atoms with Gasteiger partial charge in [-0.2, -0.15) is 0 Å². The number of rotatable bonds is 8. The normalized spacial score (nSPS) is 10.4. The minimum atomic E-state index is -0.426. The molecule has 0 unspecified atom stereocenters. The molecule has 0 aliphatic carbocycles. The van der Waals surface area contributed by atoms with Crippen molar-refractivity contribution >= 4 is 29.2 Å². The summed E-state index contributed by atoms with van der Waals surface area (Å²) in [7, 11) is 0. The van der Waals surface area contributed by atoms with Crippen LogP contribution in [0.1, 0.15) is 29.8 Å². The van der Waals surface area contributed by atoms with E-state index in [0.717, 1.165) is 5.56 Å². The molecular formula is C19H20Cl2O4. The number of carbonyl (C=O) groups is 1. The van der Waals surface area contributed by atoms with Crippen LogP contribution in [0.5, 0.6) is 11.5 Å². The average molecular weight is 383 g/mol. The van der Waals surface area contributed by atoms with Crippen molar-refractivity contribution in [3.05, 3.63) is 57.6 Å². The molecule has 0 aromatic heterocycles. The maximum atomic E-state index is 12.1. The lowest BCUT2D eigenvalue weighted by Gasteiger charge is -2.13. The Morgan fingerprint density at radius 1 is 1.00 bits per heavy atom. The second kappa shape index (κ2) is 9.54. The van der Waals surface area contributed by atoms with Gasteiger partial charge >= 0.3 is 5.97 Å². The highest BCUT2D eigenvalue weighted by Gasteiger charge is 2.15. The lowest BCUT2D eigenvalue weighted by molar-refractivity contribution is 0.0521. The van der Waals surface area contributed by atoms with Gasteiger partial charge in [-0.05, 0) is 43.7 Å². The summed E-state index contributed by atoms with van der Waals surface area (Å²) < 4.78 is 16.3. The zero-order valence-electron chi connectivity index (χ0n) is 14.2. The van der Waals surface area contributed by atoms with Crippen LogP contribution >= 0.6 is 23.2 Å². The molecule has 0 heterocycles. The summed E-state index contributed by atoms with van der Waals surface area (Å²) in [5.41, 5.74) is 1.29. The molecule has 134 valence electrons. The molecule has 0 fully saturated rings. The van der Waals surface area contributed by atoms with Gasteiger partial charge in [0.05, 0.1) is 19.8 Å². The molecule has 0 spiro atoms. The third-order valence-corrected chi connectivity index (χ3v) is 3.99. The second-order valence-electron chi connectivity index (χ2n) is 5.15. The Hall–Kier alpha value is -1.91. The summed E-state index contributed by atoms with van der Waals surface area (Å²) in [6, 6.07) is 10.4. The summed E-state index contributed by atoms with van der Waals surface area (Å²) in [6.45, 7) is 4.83. The molecule has 0 saturated carbocycles. The van der Waals surface area contributed by atoms with E-state index < -0.39 is 5.97 Å². The topological polar surface area (TPSA) is 44.8 Å². The highest BCUT2D eigenvalue weighted by atomic mass is 35.5. The first kappa shape index (κ1) is 19.4. The lowest BCUT2D eigenvalue weighted by atomic mass is 10.1. The van der Waals surface area contributed by atoms with Crippen LogP contribution in [0.15, 0.2) is 36.4 Å². The molecule has 0 saturated heterocycles. The zero-order valence-corrected chi connectivity index (χ0v) is 15.7. The van der Waals surface area contributed by atoms with Gasteiger partial charge in [0.25, 0.3) is 0 Å². The number of esters is 1. The fourth-order valence-electron chi connectivity index (χ4n) is 2.25. The Bertz CT molecular complexity index is 731. The zero-order chi connectivity index (χ0) is 18.2. The van der Waals surface area contributed by atoms with Gasteiger partial charge in [0.2, 0.25) is 0 Å². The lowest BCUT2D eigenvalue weighted by Crippen LogP contribution is -2.10. The minimum absolute atomic E-state index is 0.297. The van der Waals surface area contributed by atoms with Crippen LogP contribution < -0.4 is 9.47 Å². The summed E-state index contributed by atoms with van der Waals surface area (Å²) in [5.74, 6) is 0.634. The number of halogens is 2. The first-order chi connectivity index (χ1) is 12.0. The monoisotopic (exact) mass is 382 g/mol. The van der Waals surface area contributed by atoms with Crippen molar-refractivity contribution in [2.75, 3.05) is 19.8 Å². The van der Waals surface area contributed by atoms with Crippen molar-refractivity contribution in [2.24, 2.45) is 0 Å². The van der Waals surface area contributed by atoms with E-state index in [2.05, 4.69) is 0 Å². The summed E-state index contributed by atoms with van der Waals surface area (Å²) in [6.07, 6.45) is 0.580. The van der Waals surface area contributed by atoms with E-state index in [1.165, 1.54) is 0 Å². The molecule has 0 amide bonds. The van der Waals surface area contributed by atoms with Crippen molar-refractivity contribution < 1.29 is 19.0 Å². The smallest absolute Gasteiger partial charge is 0.341 e. The molecule has 0 aliphatic rings. The van der Waals surface area contributed by atoms with E-state index in [0.29, 0.717) is 53.3 Å². The molecule has 25 heavy (non-hydrogen) atoms. The molecule has 0 atom stereocenters. The molecule has 0 N–H and O–H groups in total. The van der Waals surface area contributed by atoms with E-state index in [1.807, 2.05) is 13.0 Å². The highest BCUT2D eigenvalue weighted by Crippen LogP contribution is 2.27. The predicted octanol–water partition coefficient (Wildman–Crippen LogP) is 5.19. The van der Waals surface area contributed by atoms with Crippen LogP contribution in [-0.2, 0) is 11.2 Å². The van der Waals surface area contributed by atoms with Crippen LogP contribution in [0.3, 0.4) is 0 Å². The molecular weight excluding hydrogens is 363 g/mol. The first-order valence-electron chi connectivity index (χ1n) is 8.05. The van der Waals surface area contributed by atoms with E-state index in [1.54, 1.807) is 37.3 Å². The number of ether oxygens (including phenoxy) is 3. The Kier molecular flexibility index (Phi) is 7.41. The van der Waals surface area contributed by atoms with Crippen molar-refractivity contribution in [3.63, 3.8) is 0 Å². The van der Waals surface area contributed by atoms with Gasteiger partial charge in [0.1, 0.15) is 17.1 Å². The van der Waals surface area contributed by atoms with E-state index in [-0.39, 0.29) is 0 Å². The van der Waals surface area contributed by atoms with Crippen molar-refractivity contribution in [2.45, 2.75) is 20.3 Å². The van der Waals surface area contributed by atoms with Crippen molar-refractivity contribution in [1.29, 1.82) is 0 Å². The molecule has 2 aromatic carbocycles. The number of hydrogen-bond donors (Lipinski definition) is 0. The number of benzene rings is 2. The third kappa shape index (κ3) is 5.55. The molecule has 2 rings (SSSR count). The van der Waals surface area contributed by atoms with Gasteiger partial charge in [-0.25, -0.2) is 4.79 Å². The summed E-state index contributed by atoms with van der Waals surface area (Å²) in [4.78, 5) is 12.1. The second-order valence-corrected chi connectivity index (χ2v) is 5.99. The fraction of sp³-hybridized carbons (Fsp3) is 0.316. The van der Waals surface area contributed by atoms with E-state index in [9.17, 15) is 4.79 Å². The maximum Gasteiger partial charge on any atom is 0.341 e. The summed E-state index contributed by atoms with van der Waals surface area (Å²) in [5, 5.41) is 1.17. The van der Waals surface area contributed by atoms with Crippen LogP contribution in [0.2, 0.25) is 10.0 Å². The standard InChI is InChI=1S/C19H20Cl2O4/c1-3-23-15-7-8-16(19(22)24-4-2)18(12-15)25-10-9-13-5-6-14(20)11-17(13)21/h5-8,11-12H,3-4,9-10H2,1-2H3. The highest BCUT2D eigenvalue weighted by molar-refractivity contribution is 6.35. The van der Waals surface area contributed by atoms with Crippen LogP contribution in [0.4, 0.5) is 0 Å². The first-order valence-corrected chi connectivity index (χ1v) is 8.81. The quantitative estimate of drug-likeness (QED) is 0.589. The maximum absolute atomic E-state index is 12.1. The Morgan fingerprint density at radius 3 is 2.48 bits per heavy atom. The van der Waals surface area contributed by atoms with Crippen LogP contribution in [0, 0.1) is 0 Å². The van der Waals surface area contributed by atoms with E-state index in [4.69, 9.17) is 37.4 Å². The van der Waals surface area contributed by atoms with Gasteiger partial charge in [0, 0.05) is 22.5 Å². The fourth-order valence-corrected chi connectivity index (χ4v) is 2.75. The van der Waals surface area contributed by atoms with Crippen molar-refractivity contribution in [1.82, 2.24) is 0 Å². The van der Waals surface area contributed by atoms with E-state index >= 15 is 0 Å².